The Morgan fingerprint density at radius 3 is 2.74 bits per heavy atom. The van der Waals surface area contributed by atoms with Gasteiger partial charge in [0, 0.05) is 25.2 Å². The zero-order valence-electron chi connectivity index (χ0n) is 9.93. The average Bonchev–Trinajstić information content (AvgIpc) is 2.82. The fourth-order valence-electron chi connectivity index (χ4n) is 2.75. The van der Waals surface area contributed by atoms with Gasteiger partial charge in [-0.2, -0.15) is 0 Å². The first-order chi connectivity index (χ1) is 9.09. The molecule has 0 radical (unpaired) electrons. The van der Waals surface area contributed by atoms with Crippen LogP contribution in [0.2, 0.25) is 5.02 Å². The first-order valence-electron chi connectivity index (χ1n) is 6.04. The molecule has 0 spiro atoms. The third-order valence-corrected chi connectivity index (χ3v) is 4.12. The molecule has 1 heterocycles. The molecular weight excluding hydrogens is 270 g/mol. The molecule has 2 N–H and O–H groups in total. The summed E-state index contributed by atoms with van der Waals surface area (Å²) in [7, 11) is 0. The molecule has 3 rings (SSSR count). The van der Waals surface area contributed by atoms with Crippen molar-refractivity contribution in [2.75, 3.05) is 13.1 Å². The lowest BCUT2D eigenvalue weighted by Gasteiger charge is -2.09. The molecule has 2 atom stereocenters. The molecule has 100 valence electrons. The van der Waals surface area contributed by atoms with E-state index in [1.807, 2.05) is 0 Å². The van der Waals surface area contributed by atoms with Gasteiger partial charge in [-0.25, -0.2) is 0 Å². The van der Waals surface area contributed by atoms with E-state index >= 15 is 0 Å². The molecule has 6 nitrogen and oxygen atoms in total. The molecule has 0 aromatic heterocycles. The normalized spacial score (nSPS) is 27.7. The van der Waals surface area contributed by atoms with Crippen LogP contribution in [0.25, 0.3) is 0 Å². The van der Waals surface area contributed by atoms with Crippen LogP contribution in [0.15, 0.2) is 18.2 Å². The van der Waals surface area contributed by atoms with E-state index in [2.05, 4.69) is 10.6 Å². The predicted molar refractivity (Wildman–Crippen MR) is 69.2 cm³/mol. The molecule has 1 aliphatic carbocycles. The topological polar surface area (TPSA) is 84.3 Å². The number of carbonyl (C=O) groups is 1. The molecule has 7 heteroatoms. The van der Waals surface area contributed by atoms with E-state index in [0.717, 1.165) is 13.1 Å². The van der Waals surface area contributed by atoms with Gasteiger partial charge in [-0.05, 0) is 17.9 Å². The lowest BCUT2D eigenvalue weighted by atomic mass is 10.1. The summed E-state index contributed by atoms with van der Waals surface area (Å²) in [6.07, 6.45) is 0. The van der Waals surface area contributed by atoms with E-state index < -0.39 is 10.8 Å². The molecule has 1 aromatic carbocycles. The largest absolute Gasteiger partial charge is 0.348 e. The molecule has 1 aromatic rings. The van der Waals surface area contributed by atoms with Crippen molar-refractivity contribution in [3.63, 3.8) is 0 Å². The Morgan fingerprint density at radius 2 is 2.11 bits per heavy atom. The number of amides is 1. The van der Waals surface area contributed by atoms with Crippen LogP contribution in [0.4, 0.5) is 5.69 Å². The second kappa shape index (κ2) is 4.47. The fraction of sp³-hybridized carbons (Fsp3) is 0.417. The summed E-state index contributed by atoms with van der Waals surface area (Å²) in [4.78, 5) is 22.5. The third kappa shape index (κ3) is 2.06. The van der Waals surface area contributed by atoms with E-state index in [9.17, 15) is 14.9 Å². The summed E-state index contributed by atoms with van der Waals surface area (Å²) in [5.41, 5.74) is -0.305. The van der Waals surface area contributed by atoms with Crippen molar-refractivity contribution in [3.05, 3.63) is 38.9 Å². The van der Waals surface area contributed by atoms with Crippen LogP contribution >= 0.6 is 11.6 Å². The summed E-state index contributed by atoms with van der Waals surface area (Å²) in [5.74, 6) is 0.438. The van der Waals surface area contributed by atoms with Gasteiger partial charge in [0.15, 0.2) is 0 Å². The van der Waals surface area contributed by atoms with Gasteiger partial charge in [-0.1, -0.05) is 17.7 Å². The number of nitro benzene ring substituents is 1. The monoisotopic (exact) mass is 281 g/mol. The SMILES string of the molecule is O=C(NC1C2CNCC21)c1c(Cl)cccc1[N+](=O)[O-]. The molecule has 1 amide bonds. The second-order valence-corrected chi connectivity index (χ2v) is 5.28. The van der Waals surface area contributed by atoms with Gasteiger partial charge >= 0.3 is 0 Å². The molecule has 19 heavy (non-hydrogen) atoms. The summed E-state index contributed by atoms with van der Waals surface area (Å²) < 4.78 is 0. The minimum Gasteiger partial charge on any atom is -0.348 e. The minimum absolute atomic E-state index is 0.0490. The number of carbonyl (C=O) groups excluding carboxylic acids is 1. The molecule has 1 saturated heterocycles. The van der Waals surface area contributed by atoms with Crippen LogP contribution < -0.4 is 10.6 Å². The Balaban J connectivity index is 1.81. The Labute approximate surface area is 114 Å². The second-order valence-electron chi connectivity index (χ2n) is 4.88. The molecule has 2 fully saturated rings. The highest BCUT2D eigenvalue weighted by atomic mass is 35.5. The Bertz CT molecular complexity index is 553. The highest BCUT2D eigenvalue weighted by molar-refractivity contribution is 6.34. The van der Waals surface area contributed by atoms with Crippen LogP contribution in [-0.2, 0) is 0 Å². The van der Waals surface area contributed by atoms with Crippen molar-refractivity contribution in [2.24, 2.45) is 11.8 Å². The molecule has 1 saturated carbocycles. The summed E-state index contributed by atoms with van der Waals surface area (Å²) >= 11 is 5.92. The summed E-state index contributed by atoms with van der Waals surface area (Å²) in [6, 6.07) is 4.35. The van der Waals surface area contributed by atoms with Crippen LogP contribution in [0.3, 0.4) is 0 Å². The van der Waals surface area contributed by atoms with Crippen molar-refractivity contribution >= 4 is 23.2 Å². The molecule has 1 aliphatic heterocycles. The summed E-state index contributed by atoms with van der Waals surface area (Å²) in [5, 5.41) is 17.1. The number of hydrogen-bond acceptors (Lipinski definition) is 4. The van der Waals surface area contributed by atoms with E-state index in [4.69, 9.17) is 11.6 Å². The van der Waals surface area contributed by atoms with E-state index in [1.54, 1.807) is 0 Å². The Kier molecular flexibility index (Phi) is 2.91. The van der Waals surface area contributed by atoms with Crippen LogP contribution in [0, 0.1) is 22.0 Å². The molecule has 2 aliphatic rings. The first-order valence-corrected chi connectivity index (χ1v) is 6.42. The maximum atomic E-state index is 12.2. The minimum atomic E-state index is -0.587. The lowest BCUT2D eigenvalue weighted by molar-refractivity contribution is -0.385. The number of hydrogen-bond donors (Lipinski definition) is 2. The maximum Gasteiger partial charge on any atom is 0.283 e. The van der Waals surface area contributed by atoms with Crippen LogP contribution in [-0.4, -0.2) is 30.0 Å². The van der Waals surface area contributed by atoms with Gasteiger partial charge in [0.25, 0.3) is 11.6 Å². The number of nitrogens with zero attached hydrogens (tertiary/aromatic N) is 1. The van der Waals surface area contributed by atoms with Gasteiger partial charge in [-0.15, -0.1) is 0 Å². The van der Waals surface area contributed by atoms with E-state index in [1.165, 1.54) is 18.2 Å². The molecule has 2 unspecified atom stereocenters. The maximum absolute atomic E-state index is 12.2. The number of nitro groups is 1. The number of nitrogens with one attached hydrogen (secondary N) is 2. The van der Waals surface area contributed by atoms with Crippen molar-refractivity contribution in [2.45, 2.75) is 6.04 Å². The van der Waals surface area contributed by atoms with E-state index in [0.29, 0.717) is 11.8 Å². The standard InChI is InChI=1S/C12H12ClN3O3/c13-8-2-1-3-9(16(18)19)10(8)12(17)15-11-6-4-14-5-7(6)11/h1-3,6-7,11,14H,4-5H2,(H,15,17). The van der Waals surface area contributed by atoms with Crippen molar-refractivity contribution < 1.29 is 9.72 Å². The fourth-order valence-corrected chi connectivity index (χ4v) is 3.00. The zero-order valence-corrected chi connectivity index (χ0v) is 10.7. The quantitative estimate of drug-likeness (QED) is 0.644. The number of piperidine rings is 1. The van der Waals surface area contributed by atoms with Gasteiger partial charge in [0.1, 0.15) is 5.56 Å². The number of rotatable bonds is 3. The van der Waals surface area contributed by atoms with Crippen LogP contribution in [0.1, 0.15) is 10.4 Å². The zero-order chi connectivity index (χ0) is 13.6. The van der Waals surface area contributed by atoms with Gasteiger partial charge < -0.3 is 10.6 Å². The first kappa shape index (κ1) is 12.4. The van der Waals surface area contributed by atoms with Gasteiger partial charge in [0.2, 0.25) is 0 Å². The lowest BCUT2D eigenvalue weighted by Crippen LogP contribution is -2.33. The van der Waals surface area contributed by atoms with Crippen LogP contribution in [0.5, 0.6) is 0 Å². The average molecular weight is 282 g/mol. The number of fused-ring (bicyclic) bond motifs is 1. The third-order valence-electron chi connectivity index (χ3n) is 3.80. The predicted octanol–water partition coefficient (Wildman–Crippen LogP) is 1.20. The van der Waals surface area contributed by atoms with Gasteiger partial charge in [0.05, 0.1) is 9.95 Å². The Hall–Kier alpha value is -1.66. The van der Waals surface area contributed by atoms with Crippen molar-refractivity contribution in [1.29, 1.82) is 0 Å². The Morgan fingerprint density at radius 1 is 1.42 bits per heavy atom. The van der Waals surface area contributed by atoms with Crippen molar-refractivity contribution in [3.8, 4) is 0 Å². The highest BCUT2D eigenvalue weighted by Crippen LogP contribution is 2.42. The number of benzene rings is 1. The highest BCUT2D eigenvalue weighted by Gasteiger charge is 2.53. The van der Waals surface area contributed by atoms with E-state index in [-0.39, 0.29) is 22.3 Å². The smallest absolute Gasteiger partial charge is 0.283 e. The van der Waals surface area contributed by atoms with Gasteiger partial charge in [-0.3, -0.25) is 14.9 Å². The molecule has 0 bridgehead atoms. The van der Waals surface area contributed by atoms with Crippen molar-refractivity contribution in [1.82, 2.24) is 10.6 Å². The molecular formula is C12H12ClN3O3. The summed E-state index contributed by atoms with van der Waals surface area (Å²) in [6.45, 7) is 1.78. The number of halogens is 1.